The number of sulfonamides is 1. The summed E-state index contributed by atoms with van der Waals surface area (Å²) in [7, 11) is -3.44. The van der Waals surface area contributed by atoms with E-state index in [2.05, 4.69) is 9.80 Å². The summed E-state index contributed by atoms with van der Waals surface area (Å²) in [5, 5.41) is 1.29. The van der Waals surface area contributed by atoms with Crippen molar-refractivity contribution in [1.29, 1.82) is 0 Å². The van der Waals surface area contributed by atoms with Gasteiger partial charge in [0, 0.05) is 44.7 Å². The van der Waals surface area contributed by atoms with Gasteiger partial charge in [-0.3, -0.25) is 9.69 Å². The molecule has 0 bridgehead atoms. The zero-order chi connectivity index (χ0) is 21.0. The van der Waals surface area contributed by atoms with Crippen LogP contribution in [0.5, 0.6) is 0 Å². The fourth-order valence-electron chi connectivity index (χ4n) is 5.08. The second kappa shape index (κ2) is 9.62. The van der Waals surface area contributed by atoms with Crippen LogP contribution in [-0.2, 0) is 14.8 Å². The lowest BCUT2D eigenvalue weighted by Crippen LogP contribution is -2.53. The third-order valence-corrected chi connectivity index (χ3v) is 8.49. The number of nitrogens with zero attached hydrogens (tertiary/aromatic N) is 3. The summed E-state index contributed by atoms with van der Waals surface area (Å²) in [5.74, 6) is 1.72. The lowest BCUT2D eigenvalue weighted by atomic mass is 9.75. The maximum atomic E-state index is 12.8. The van der Waals surface area contributed by atoms with Gasteiger partial charge < -0.3 is 4.90 Å². The van der Waals surface area contributed by atoms with E-state index in [-0.39, 0.29) is 5.91 Å². The minimum atomic E-state index is -3.44. The van der Waals surface area contributed by atoms with Gasteiger partial charge in [-0.1, -0.05) is 49.6 Å². The Morgan fingerprint density at radius 1 is 0.933 bits per heavy atom. The molecule has 1 aromatic rings. The third-order valence-electron chi connectivity index (χ3n) is 6.93. The molecule has 4 rings (SSSR count). The van der Waals surface area contributed by atoms with Crippen LogP contribution in [0.15, 0.2) is 35.7 Å². The van der Waals surface area contributed by atoms with E-state index in [1.54, 1.807) is 6.08 Å². The Bertz CT molecular complexity index is 848. The van der Waals surface area contributed by atoms with Gasteiger partial charge in [-0.25, -0.2) is 8.42 Å². The monoisotopic (exact) mass is 431 g/mol. The van der Waals surface area contributed by atoms with Gasteiger partial charge >= 0.3 is 0 Å². The van der Waals surface area contributed by atoms with E-state index in [1.165, 1.54) is 35.4 Å². The number of fused-ring (bicyclic) bond motifs is 1. The van der Waals surface area contributed by atoms with Gasteiger partial charge in [-0.15, -0.1) is 0 Å². The summed E-state index contributed by atoms with van der Waals surface area (Å²) in [5.41, 5.74) is 0.868. The van der Waals surface area contributed by atoms with Crippen molar-refractivity contribution in [3.8, 4) is 0 Å². The second-order valence-electron chi connectivity index (χ2n) is 8.87. The van der Waals surface area contributed by atoms with Crippen LogP contribution in [0, 0.1) is 11.8 Å². The molecule has 1 amide bonds. The van der Waals surface area contributed by atoms with Gasteiger partial charge in [0.2, 0.25) is 15.9 Å². The van der Waals surface area contributed by atoms with Gasteiger partial charge in [0.05, 0.1) is 6.54 Å². The topological polar surface area (TPSA) is 60.9 Å². The third kappa shape index (κ3) is 5.31. The van der Waals surface area contributed by atoms with Gasteiger partial charge in [-0.2, -0.15) is 4.31 Å². The summed E-state index contributed by atoms with van der Waals surface area (Å²) in [4.78, 5) is 17.0. The number of benzene rings is 1. The Kier molecular flexibility index (Phi) is 6.91. The number of piperidine rings is 1. The summed E-state index contributed by atoms with van der Waals surface area (Å²) in [6.07, 6.45) is 8.04. The standard InChI is InChI=1S/C23H33N3O3S/c27-23(25-12-10-21-8-4-5-9-22(21)18-25)19-24-13-15-26(16-14-24)30(28,29)17-11-20-6-2-1-3-7-20/h1-3,6-7,11,17,21-22H,4-5,8-10,12-16,18-19H2/b17-11+/t21-,22-/m0/s1. The number of amides is 1. The van der Waals surface area contributed by atoms with Crippen LogP contribution in [0.3, 0.4) is 0 Å². The lowest BCUT2D eigenvalue weighted by molar-refractivity contribution is -0.135. The highest BCUT2D eigenvalue weighted by Gasteiger charge is 2.34. The second-order valence-corrected chi connectivity index (χ2v) is 10.7. The van der Waals surface area contributed by atoms with Gasteiger partial charge in [-0.05, 0) is 36.3 Å². The quantitative estimate of drug-likeness (QED) is 0.719. The molecular formula is C23H33N3O3S. The maximum Gasteiger partial charge on any atom is 0.236 e. The zero-order valence-corrected chi connectivity index (χ0v) is 18.5. The van der Waals surface area contributed by atoms with Crippen molar-refractivity contribution in [2.45, 2.75) is 32.1 Å². The first-order valence-electron chi connectivity index (χ1n) is 11.2. The fourth-order valence-corrected chi connectivity index (χ4v) is 6.25. The summed E-state index contributed by atoms with van der Waals surface area (Å²) >= 11 is 0. The van der Waals surface area contributed by atoms with Crippen LogP contribution < -0.4 is 0 Å². The molecule has 0 N–H and O–H groups in total. The Labute approximate surface area is 180 Å². The minimum Gasteiger partial charge on any atom is -0.341 e. The first kappa shape index (κ1) is 21.5. The summed E-state index contributed by atoms with van der Waals surface area (Å²) in [6, 6.07) is 9.44. The van der Waals surface area contributed by atoms with Gasteiger partial charge in [0.1, 0.15) is 0 Å². The van der Waals surface area contributed by atoms with Crippen LogP contribution in [-0.4, -0.2) is 74.2 Å². The van der Waals surface area contributed by atoms with E-state index in [1.807, 2.05) is 30.3 Å². The first-order valence-corrected chi connectivity index (χ1v) is 12.7. The highest BCUT2D eigenvalue weighted by molar-refractivity contribution is 7.92. The molecule has 2 aliphatic heterocycles. The molecule has 1 aromatic carbocycles. The zero-order valence-electron chi connectivity index (χ0n) is 17.7. The molecule has 2 heterocycles. The van der Waals surface area contributed by atoms with Crippen LogP contribution in [0.1, 0.15) is 37.7 Å². The number of likely N-dealkylation sites (tertiary alicyclic amines) is 1. The molecule has 2 atom stereocenters. The fraction of sp³-hybridized carbons (Fsp3) is 0.609. The molecule has 0 radical (unpaired) electrons. The molecular weight excluding hydrogens is 398 g/mol. The van der Waals surface area contributed by atoms with Crippen molar-refractivity contribution >= 4 is 22.0 Å². The minimum absolute atomic E-state index is 0.208. The predicted molar refractivity (Wildman–Crippen MR) is 119 cm³/mol. The van der Waals surface area contributed by atoms with E-state index < -0.39 is 10.0 Å². The van der Waals surface area contributed by atoms with Crippen LogP contribution >= 0.6 is 0 Å². The van der Waals surface area contributed by atoms with Crippen LogP contribution in [0.4, 0.5) is 0 Å². The van der Waals surface area contributed by atoms with E-state index in [0.717, 1.165) is 31.0 Å². The predicted octanol–water partition coefficient (Wildman–Crippen LogP) is 2.64. The maximum absolute atomic E-state index is 12.8. The Balaban J connectivity index is 1.25. The van der Waals surface area contributed by atoms with E-state index in [0.29, 0.717) is 38.6 Å². The molecule has 3 aliphatic rings. The molecule has 1 aliphatic carbocycles. The van der Waals surface area contributed by atoms with Gasteiger partial charge in [0.15, 0.2) is 0 Å². The highest BCUT2D eigenvalue weighted by Crippen LogP contribution is 2.36. The van der Waals surface area contributed by atoms with Crippen molar-refractivity contribution in [3.63, 3.8) is 0 Å². The van der Waals surface area contributed by atoms with Crippen LogP contribution in [0.25, 0.3) is 6.08 Å². The number of carbonyl (C=O) groups is 1. The van der Waals surface area contributed by atoms with E-state index in [9.17, 15) is 13.2 Å². The van der Waals surface area contributed by atoms with Crippen molar-refractivity contribution in [3.05, 3.63) is 41.3 Å². The number of carbonyl (C=O) groups excluding carboxylic acids is 1. The van der Waals surface area contributed by atoms with Crippen molar-refractivity contribution < 1.29 is 13.2 Å². The van der Waals surface area contributed by atoms with E-state index >= 15 is 0 Å². The molecule has 0 aromatic heterocycles. The first-order chi connectivity index (χ1) is 14.5. The molecule has 0 spiro atoms. The Morgan fingerprint density at radius 2 is 1.63 bits per heavy atom. The molecule has 3 fully saturated rings. The molecule has 30 heavy (non-hydrogen) atoms. The number of hydrogen-bond acceptors (Lipinski definition) is 4. The summed E-state index contributed by atoms with van der Waals surface area (Å²) in [6.45, 7) is 4.28. The largest absolute Gasteiger partial charge is 0.341 e. The molecule has 6 nitrogen and oxygen atoms in total. The molecule has 2 saturated heterocycles. The number of piperazine rings is 1. The lowest BCUT2D eigenvalue weighted by Gasteiger charge is -2.42. The normalized spacial score (nSPS) is 26.6. The SMILES string of the molecule is O=C(CN1CCN(S(=O)(=O)/C=C/c2ccccc2)CC1)N1CC[C@@H]2CCCC[C@H]2C1. The molecule has 1 saturated carbocycles. The molecule has 7 heteroatoms. The highest BCUT2D eigenvalue weighted by atomic mass is 32.2. The van der Waals surface area contributed by atoms with Crippen LogP contribution in [0.2, 0.25) is 0 Å². The van der Waals surface area contributed by atoms with Gasteiger partial charge in [0.25, 0.3) is 0 Å². The Hall–Kier alpha value is -1.70. The Morgan fingerprint density at radius 3 is 2.37 bits per heavy atom. The average Bonchev–Trinajstić information content (AvgIpc) is 2.78. The van der Waals surface area contributed by atoms with Crippen molar-refractivity contribution in [2.75, 3.05) is 45.8 Å². The molecule has 0 unspecified atom stereocenters. The smallest absolute Gasteiger partial charge is 0.236 e. The average molecular weight is 432 g/mol. The van der Waals surface area contributed by atoms with E-state index in [4.69, 9.17) is 0 Å². The number of rotatable bonds is 5. The molecule has 164 valence electrons. The summed E-state index contributed by atoms with van der Waals surface area (Å²) < 4.78 is 26.7. The van der Waals surface area contributed by atoms with Crippen molar-refractivity contribution in [1.82, 2.24) is 14.1 Å². The van der Waals surface area contributed by atoms with Crippen molar-refractivity contribution in [2.24, 2.45) is 11.8 Å². The number of hydrogen-bond donors (Lipinski definition) is 0.